The minimum absolute atomic E-state index is 0.0105. The van der Waals surface area contributed by atoms with Gasteiger partial charge in [-0.2, -0.15) is 0 Å². The van der Waals surface area contributed by atoms with Crippen molar-refractivity contribution in [1.82, 2.24) is 4.90 Å². The summed E-state index contributed by atoms with van der Waals surface area (Å²) in [6.07, 6.45) is -1.69. The third kappa shape index (κ3) is 21.7. The second kappa shape index (κ2) is 31.7. The summed E-state index contributed by atoms with van der Waals surface area (Å²) in [5, 5.41) is 43.9. The molecular formula is C61H111NO22Si8. The van der Waals surface area contributed by atoms with Gasteiger partial charge in [0.05, 0.1) is 38.6 Å². The minimum atomic E-state index is -4.37. The molecule has 4 N–H and O–H groups in total. The molecule has 92 heavy (non-hydrogen) atoms. The maximum absolute atomic E-state index is 12.6. The molecule has 6 saturated heterocycles. The molecule has 6 aliphatic heterocycles. The minimum Gasteiger partial charge on any atom is -0.491 e. The molecule has 2 aromatic carbocycles. The highest BCUT2D eigenvalue weighted by Crippen LogP contribution is 2.56. The highest BCUT2D eigenvalue weighted by atomic mass is 28.6. The Morgan fingerprint density at radius 1 is 0.402 bits per heavy atom. The lowest BCUT2D eigenvalue weighted by Gasteiger charge is -2.64. The Morgan fingerprint density at radius 3 is 0.870 bits per heavy atom. The van der Waals surface area contributed by atoms with E-state index in [4.69, 9.17) is 68.3 Å². The van der Waals surface area contributed by atoms with Gasteiger partial charge in [0.15, 0.2) is 11.6 Å². The molecule has 31 heteroatoms. The van der Waals surface area contributed by atoms with E-state index in [-0.39, 0.29) is 100 Å². The van der Waals surface area contributed by atoms with Crippen molar-refractivity contribution >= 4 is 82.0 Å². The molecule has 0 radical (unpaired) electrons. The molecule has 2 unspecified atom stereocenters. The van der Waals surface area contributed by atoms with Gasteiger partial charge in [0.25, 0.3) is 0 Å². The fraction of sp³-hybridized carbons (Fsp3) is 0.770. The van der Waals surface area contributed by atoms with Crippen LogP contribution >= 0.6 is 0 Å². The van der Waals surface area contributed by atoms with E-state index in [1.54, 1.807) is 48.5 Å². The van der Waals surface area contributed by atoms with E-state index in [0.717, 1.165) is 0 Å². The first-order valence-corrected chi connectivity index (χ1v) is 48.9. The van der Waals surface area contributed by atoms with Gasteiger partial charge in [0.2, 0.25) is 0 Å². The Hall–Kier alpha value is -1.64. The van der Waals surface area contributed by atoms with E-state index in [9.17, 15) is 30.0 Å². The van der Waals surface area contributed by atoms with Gasteiger partial charge in [-0.05, 0) is 131 Å². The number of carbonyl (C=O) groups is 2. The summed E-state index contributed by atoms with van der Waals surface area (Å²) < 4.78 is 119. The van der Waals surface area contributed by atoms with Crippen LogP contribution in [0.4, 0.5) is 0 Å². The fourth-order valence-corrected chi connectivity index (χ4v) is 63.9. The summed E-state index contributed by atoms with van der Waals surface area (Å²) >= 11 is 0. The summed E-state index contributed by atoms with van der Waals surface area (Å²) in [7, 11) is -33.5. The SMILES string of the molecule is CC(C)C[Si]12O[Si]3(CCCN(CC(O)COCCOc4ccc(C(=O)C(C)(C)O)cc4)CC(O)COCCOc4ccc(C(=O)C(C)(C)O)cc4)O[Si]4(CC(C)C)O[Si](CC(C)C)(O1)O[Si]1(CC(C)C)O[Si](CC(C)C)(O2)O[Si](CC(C)C)(O3)O[Si](CC(C)C)(O4)O1. The van der Waals surface area contributed by atoms with Crippen LogP contribution in [0.15, 0.2) is 48.5 Å². The van der Waals surface area contributed by atoms with Crippen LogP contribution in [0.25, 0.3) is 0 Å². The largest absolute Gasteiger partial charge is 0.491 e. The molecule has 8 bridgehead atoms. The predicted molar refractivity (Wildman–Crippen MR) is 361 cm³/mol. The van der Waals surface area contributed by atoms with Crippen LogP contribution in [-0.4, -0.2) is 190 Å². The Kier molecular flexibility index (Phi) is 26.8. The quantitative estimate of drug-likeness (QED) is 0.0277. The van der Waals surface area contributed by atoms with Gasteiger partial charge in [0, 0.05) is 72.6 Å². The third-order valence-corrected chi connectivity index (χ3v) is 55.2. The van der Waals surface area contributed by atoms with Crippen molar-refractivity contribution in [2.45, 2.75) is 203 Å². The van der Waals surface area contributed by atoms with E-state index in [0.29, 0.717) is 77.9 Å². The monoisotopic (exact) mass is 1430 g/mol. The Morgan fingerprint density at radius 2 is 0.641 bits per heavy atom. The number of Topliss-reactive ketones (excluding diaryl/α,β-unsaturated/α-hetero) is 2. The van der Waals surface area contributed by atoms with E-state index < -0.39 is 105 Å². The van der Waals surface area contributed by atoms with Crippen molar-refractivity contribution in [1.29, 1.82) is 0 Å². The zero-order chi connectivity index (χ0) is 67.9. The van der Waals surface area contributed by atoms with Crippen molar-refractivity contribution < 1.29 is 98.3 Å². The van der Waals surface area contributed by atoms with Crippen LogP contribution in [0.2, 0.25) is 48.4 Å². The zero-order valence-electron chi connectivity index (χ0n) is 58.1. The van der Waals surface area contributed by atoms with Crippen LogP contribution < -0.4 is 9.47 Å². The number of ether oxygens (including phenoxy) is 4. The number of nitrogens with zero attached hydrogens (tertiary/aromatic N) is 1. The van der Waals surface area contributed by atoms with Crippen molar-refractivity contribution in [2.24, 2.45) is 41.4 Å². The van der Waals surface area contributed by atoms with Crippen LogP contribution in [0.5, 0.6) is 11.5 Å². The van der Waals surface area contributed by atoms with Crippen LogP contribution in [-0.2, 0) is 58.9 Å². The molecular weight excluding hydrogens is 1320 g/mol. The highest BCUT2D eigenvalue weighted by molar-refractivity contribution is 7.03. The Balaban J connectivity index is 1.22. The number of hydrogen-bond donors (Lipinski definition) is 4. The molecule has 0 aromatic heterocycles. The van der Waals surface area contributed by atoms with Gasteiger partial charge in [-0.3, -0.25) is 14.5 Å². The van der Waals surface area contributed by atoms with Crippen molar-refractivity contribution in [3.8, 4) is 11.5 Å². The molecule has 0 amide bonds. The molecule has 2 aromatic rings. The second-order valence-corrected chi connectivity index (χ2v) is 53.8. The average molecular weight is 1440 g/mol. The second-order valence-electron chi connectivity index (χ2n) is 29.7. The van der Waals surface area contributed by atoms with E-state index >= 15 is 0 Å². The third-order valence-electron chi connectivity index (χ3n) is 15.2. The van der Waals surface area contributed by atoms with Crippen LogP contribution in [0, 0.1) is 41.4 Å². The molecule has 8 rings (SSSR count). The van der Waals surface area contributed by atoms with Crippen LogP contribution in [0.1, 0.15) is 152 Å². The summed E-state index contributed by atoms with van der Waals surface area (Å²) in [4.78, 5) is 27.1. The molecule has 6 heterocycles. The van der Waals surface area contributed by atoms with Gasteiger partial charge >= 0.3 is 70.4 Å². The molecule has 6 aliphatic rings. The molecule has 524 valence electrons. The molecule has 0 aliphatic carbocycles. The standard InChI is InChI=1S/C61H111NO22Si8/c1-45(2)38-86-73-85(33-19-28-62(34-54(63)36-69-29-31-71-56-24-20-52(21-25-56)58(65)60(15,16)67)35-55(64)37-70-30-32-72-57-26-22-53(23-27-57)59(66)61(17,18)68)74-87(39-46(3)4)78-89(76-86,41-48(7)8)82-92(44-51(13)14)83-90(77-86,42-49(9)10)79-88(75-85,40-47(5)6)81-91(80-87,84-92)43-50(11)12/h20-27,45-51,54-55,63-64,67-68H,19,28-44H2,1-18H3. The molecule has 0 spiro atoms. The van der Waals surface area contributed by atoms with Crippen LogP contribution in [0.3, 0.4) is 0 Å². The van der Waals surface area contributed by atoms with Gasteiger partial charge in [0.1, 0.15) is 35.9 Å². The van der Waals surface area contributed by atoms with Gasteiger partial charge in [-0.1, -0.05) is 96.9 Å². The lowest BCUT2D eigenvalue weighted by atomic mass is 9.97. The maximum atomic E-state index is 12.6. The molecule has 23 nitrogen and oxygen atoms in total. The predicted octanol–water partition coefficient (Wildman–Crippen LogP) is 9.87. The summed E-state index contributed by atoms with van der Waals surface area (Å²) in [6, 6.07) is 15.8. The van der Waals surface area contributed by atoms with Crippen molar-refractivity contribution in [2.75, 3.05) is 59.3 Å². The normalized spacial score (nSPS) is 29.8. The fourth-order valence-electron chi connectivity index (χ4n) is 12.3. The van der Waals surface area contributed by atoms with E-state index in [1.165, 1.54) is 27.7 Å². The lowest BCUT2D eigenvalue weighted by molar-refractivity contribution is -0.0345. The molecule has 0 saturated carbocycles. The number of benzene rings is 2. The van der Waals surface area contributed by atoms with Gasteiger partial charge in [-0.25, -0.2) is 0 Å². The molecule has 2 atom stereocenters. The topological polar surface area (TPSA) is 266 Å². The summed E-state index contributed by atoms with van der Waals surface area (Å²) in [6.45, 7) is 36.4. The maximum Gasteiger partial charge on any atom is 0.479 e. The highest BCUT2D eigenvalue weighted by Gasteiger charge is 2.83. The zero-order valence-corrected chi connectivity index (χ0v) is 66.1. The summed E-state index contributed by atoms with van der Waals surface area (Å²) in [5.41, 5.74) is -2.31. The lowest BCUT2D eigenvalue weighted by Crippen LogP contribution is -2.88. The average Bonchev–Trinajstić information content (AvgIpc) is 0.686. The van der Waals surface area contributed by atoms with Gasteiger partial charge in [-0.15, -0.1) is 0 Å². The first-order valence-electron chi connectivity index (χ1n) is 33.4. The Bertz CT molecular complexity index is 2450. The first-order chi connectivity index (χ1) is 42.7. The Labute approximate surface area is 556 Å². The number of hydrogen-bond acceptors (Lipinski definition) is 23. The molecule has 6 fully saturated rings. The number of aliphatic hydroxyl groups excluding tert-OH is 2. The van der Waals surface area contributed by atoms with Gasteiger partial charge < -0.3 is 88.8 Å². The van der Waals surface area contributed by atoms with E-state index in [2.05, 4.69) is 96.9 Å². The number of aliphatic hydroxyl groups is 4. The number of carbonyl (C=O) groups excluding carboxylic acids is 2. The van der Waals surface area contributed by atoms with E-state index in [1.807, 2.05) is 4.90 Å². The van der Waals surface area contributed by atoms with Crippen molar-refractivity contribution in [3.63, 3.8) is 0 Å². The smallest absolute Gasteiger partial charge is 0.479 e. The number of rotatable bonds is 38. The first kappa shape index (κ1) is 77.7. The summed E-state index contributed by atoms with van der Waals surface area (Å²) in [5.74, 6) is 0.196. The number of ketones is 2. The van der Waals surface area contributed by atoms with Crippen molar-refractivity contribution in [3.05, 3.63) is 59.7 Å².